The van der Waals surface area contributed by atoms with Crippen LogP contribution in [-0.4, -0.2) is 21.1 Å². The number of hydrogen-bond acceptors (Lipinski definition) is 4. The first kappa shape index (κ1) is 13.9. The molecule has 0 aliphatic carbocycles. The largest absolute Gasteiger partial charge is 0.489 e. The normalized spacial score (nSPS) is 11.0. The molecular weight excluding hydrogens is 283 g/mol. The molecule has 0 unspecified atom stereocenters. The van der Waals surface area contributed by atoms with Crippen molar-refractivity contribution < 1.29 is 9.13 Å². The van der Waals surface area contributed by atoms with Crippen molar-refractivity contribution in [2.75, 3.05) is 0 Å². The molecule has 0 radical (unpaired) electrons. The summed E-state index contributed by atoms with van der Waals surface area (Å²) in [5.74, 6) is 0.492. The quantitative estimate of drug-likeness (QED) is 0.680. The van der Waals surface area contributed by atoms with Crippen LogP contribution in [0.4, 0.5) is 4.39 Å². The van der Waals surface area contributed by atoms with Gasteiger partial charge in [-0.1, -0.05) is 12.1 Å². The minimum atomic E-state index is -0.250. The van der Waals surface area contributed by atoms with E-state index in [2.05, 4.69) is 15.3 Å². The summed E-state index contributed by atoms with van der Waals surface area (Å²) < 4.78 is 20.0. The Bertz CT molecular complexity index is 737. The molecule has 3 rings (SSSR count). The minimum absolute atomic E-state index is 0.250. The van der Waals surface area contributed by atoms with Crippen molar-refractivity contribution in [3.63, 3.8) is 0 Å². The fourth-order valence-corrected chi connectivity index (χ4v) is 1.79. The summed E-state index contributed by atoms with van der Waals surface area (Å²) in [5, 5.41) is 11.5. The van der Waals surface area contributed by atoms with Gasteiger partial charge in [0.2, 0.25) is 0 Å². The average molecular weight is 296 g/mol. The molecule has 0 bridgehead atoms. The van der Waals surface area contributed by atoms with Gasteiger partial charge in [-0.25, -0.2) is 9.07 Å². The first-order chi connectivity index (χ1) is 10.8. The maximum absolute atomic E-state index is 12.8. The van der Waals surface area contributed by atoms with E-state index in [-0.39, 0.29) is 5.82 Å². The predicted molar refractivity (Wildman–Crippen MR) is 80.2 cm³/mol. The first-order valence-electron chi connectivity index (χ1n) is 6.66. The SMILES string of the molecule is Fc1ccc(COc2ccc(C=Nn3cnnc3)cc2)cc1. The number of rotatable bonds is 5. The Balaban J connectivity index is 1.58. The van der Waals surface area contributed by atoms with Crippen LogP contribution in [0.15, 0.2) is 66.3 Å². The zero-order chi connectivity index (χ0) is 15.2. The molecule has 1 aromatic heterocycles. The molecule has 1 heterocycles. The molecule has 0 spiro atoms. The Labute approximate surface area is 126 Å². The van der Waals surface area contributed by atoms with E-state index in [0.29, 0.717) is 6.61 Å². The molecule has 0 atom stereocenters. The maximum atomic E-state index is 12.8. The van der Waals surface area contributed by atoms with Crippen molar-refractivity contribution in [1.29, 1.82) is 0 Å². The lowest BCUT2D eigenvalue weighted by atomic mass is 10.2. The number of halogens is 1. The van der Waals surface area contributed by atoms with Crippen LogP contribution >= 0.6 is 0 Å². The minimum Gasteiger partial charge on any atom is -0.489 e. The van der Waals surface area contributed by atoms with Gasteiger partial charge < -0.3 is 4.74 Å². The summed E-state index contributed by atoms with van der Waals surface area (Å²) in [6.07, 6.45) is 4.72. The smallest absolute Gasteiger partial charge is 0.141 e. The molecule has 110 valence electrons. The van der Waals surface area contributed by atoms with Crippen LogP contribution in [0.25, 0.3) is 0 Å². The van der Waals surface area contributed by atoms with Crippen LogP contribution in [0, 0.1) is 5.82 Å². The van der Waals surface area contributed by atoms with Gasteiger partial charge in [0.25, 0.3) is 0 Å². The van der Waals surface area contributed by atoms with Crippen molar-refractivity contribution >= 4 is 6.21 Å². The average Bonchev–Trinajstić information content (AvgIpc) is 3.07. The molecule has 0 saturated carbocycles. The van der Waals surface area contributed by atoms with Gasteiger partial charge in [0.05, 0.1) is 6.21 Å². The van der Waals surface area contributed by atoms with E-state index in [1.807, 2.05) is 24.3 Å². The monoisotopic (exact) mass is 296 g/mol. The number of ether oxygens (including phenoxy) is 1. The van der Waals surface area contributed by atoms with Crippen molar-refractivity contribution in [1.82, 2.24) is 14.9 Å². The summed E-state index contributed by atoms with van der Waals surface area (Å²) >= 11 is 0. The molecule has 2 aromatic carbocycles. The van der Waals surface area contributed by atoms with Crippen molar-refractivity contribution in [2.24, 2.45) is 5.10 Å². The summed E-state index contributed by atoms with van der Waals surface area (Å²) in [6, 6.07) is 13.8. The third kappa shape index (κ3) is 3.76. The molecule has 22 heavy (non-hydrogen) atoms. The van der Waals surface area contributed by atoms with Crippen LogP contribution < -0.4 is 4.74 Å². The predicted octanol–water partition coefficient (Wildman–Crippen LogP) is 2.88. The van der Waals surface area contributed by atoms with E-state index in [0.717, 1.165) is 16.9 Å². The van der Waals surface area contributed by atoms with E-state index >= 15 is 0 Å². The van der Waals surface area contributed by atoms with Crippen LogP contribution in [0.5, 0.6) is 5.75 Å². The van der Waals surface area contributed by atoms with E-state index in [4.69, 9.17) is 4.74 Å². The zero-order valence-electron chi connectivity index (χ0n) is 11.6. The highest BCUT2D eigenvalue weighted by Crippen LogP contribution is 2.14. The molecule has 5 nitrogen and oxygen atoms in total. The van der Waals surface area contributed by atoms with Gasteiger partial charge in [0.15, 0.2) is 0 Å². The van der Waals surface area contributed by atoms with Gasteiger partial charge in [0, 0.05) is 0 Å². The van der Waals surface area contributed by atoms with Crippen LogP contribution in [-0.2, 0) is 6.61 Å². The van der Waals surface area contributed by atoms with Crippen molar-refractivity contribution in [3.05, 3.63) is 78.1 Å². The van der Waals surface area contributed by atoms with Crippen LogP contribution in [0.1, 0.15) is 11.1 Å². The summed E-state index contributed by atoms with van der Waals surface area (Å²) in [4.78, 5) is 0. The highest BCUT2D eigenvalue weighted by Gasteiger charge is 1.97. The second-order valence-corrected chi connectivity index (χ2v) is 4.57. The Morgan fingerprint density at radius 1 is 1.00 bits per heavy atom. The van der Waals surface area contributed by atoms with Gasteiger partial charge in [-0.15, -0.1) is 10.2 Å². The second-order valence-electron chi connectivity index (χ2n) is 4.57. The van der Waals surface area contributed by atoms with E-state index in [1.54, 1.807) is 18.3 Å². The zero-order valence-corrected chi connectivity index (χ0v) is 11.6. The summed E-state index contributed by atoms with van der Waals surface area (Å²) in [7, 11) is 0. The molecule has 0 fully saturated rings. The Morgan fingerprint density at radius 2 is 1.68 bits per heavy atom. The fraction of sp³-hybridized carbons (Fsp3) is 0.0625. The summed E-state index contributed by atoms with van der Waals surface area (Å²) in [5.41, 5.74) is 1.85. The molecule has 6 heteroatoms. The summed E-state index contributed by atoms with van der Waals surface area (Å²) in [6.45, 7) is 0.397. The van der Waals surface area contributed by atoms with Gasteiger partial charge in [-0.3, -0.25) is 0 Å². The van der Waals surface area contributed by atoms with Gasteiger partial charge >= 0.3 is 0 Å². The second kappa shape index (κ2) is 6.62. The molecular formula is C16H13FN4O. The van der Waals surface area contributed by atoms with Gasteiger partial charge in [-0.2, -0.15) is 5.10 Å². The highest BCUT2D eigenvalue weighted by atomic mass is 19.1. The topological polar surface area (TPSA) is 52.3 Å². The lowest BCUT2D eigenvalue weighted by Crippen LogP contribution is -1.95. The Hall–Kier alpha value is -3.02. The maximum Gasteiger partial charge on any atom is 0.141 e. The van der Waals surface area contributed by atoms with E-state index in [9.17, 15) is 4.39 Å². The number of aromatic nitrogens is 3. The van der Waals surface area contributed by atoms with Crippen LogP contribution in [0.2, 0.25) is 0 Å². The lowest BCUT2D eigenvalue weighted by Gasteiger charge is -2.06. The lowest BCUT2D eigenvalue weighted by molar-refractivity contribution is 0.306. The van der Waals surface area contributed by atoms with E-state index < -0.39 is 0 Å². The van der Waals surface area contributed by atoms with E-state index in [1.165, 1.54) is 29.5 Å². The molecule has 0 amide bonds. The standard InChI is InChI=1S/C16H13FN4O/c17-15-5-1-14(2-6-15)10-22-16-7-3-13(4-8-16)9-20-21-11-18-19-12-21/h1-9,11-12H,10H2. The number of hydrogen-bond donors (Lipinski definition) is 0. The third-order valence-corrected chi connectivity index (χ3v) is 2.95. The molecule has 0 saturated heterocycles. The molecule has 0 aliphatic heterocycles. The molecule has 0 aliphatic rings. The van der Waals surface area contributed by atoms with Crippen molar-refractivity contribution in [3.8, 4) is 5.75 Å². The van der Waals surface area contributed by atoms with Gasteiger partial charge in [0.1, 0.15) is 30.8 Å². The van der Waals surface area contributed by atoms with Gasteiger partial charge in [-0.05, 0) is 47.5 Å². The number of nitrogens with zero attached hydrogens (tertiary/aromatic N) is 4. The first-order valence-corrected chi connectivity index (χ1v) is 6.66. The third-order valence-electron chi connectivity index (χ3n) is 2.95. The fourth-order valence-electron chi connectivity index (χ4n) is 1.79. The highest BCUT2D eigenvalue weighted by molar-refractivity contribution is 5.79. The Morgan fingerprint density at radius 3 is 2.36 bits per heavy atom. The Kier molecular flexibility index (Phi) is 4.20. The molecule has 3 aromatic rings. The van der Waals surface area contributed by atoms with Crippen LogP contribution in [0.3, 0.4) is 0 Å². The number of benzene rings is 2. The van der Waals surface area contributed by atoms with Crippen molar-refractivity contribution in [2.45, 2.75) is 6.61 Å². The molecule has 0 N–H and O–H groups in total.